The summed E-state index contributed by atoms with van der Waals surface area (Å²) in [7, 11) is 0. The van der Waals surface area contributed by atoms with Gasteiger partial charge in [0.05, 0.1) is 0 Å². The zero-order valence-electron chi connectivity index (χ0n) is 12.4. The van der Waals surface area contributed by atoms with E-state index in [1.54, 1.807) is 0 Å². The van der Waals surface area contributed by atoms with Crippen molar-refractivity contribution in [1.29, 1.82) is 0 Å². The molecule has 0 aliphatic carbocycles. The highest BCUT2D eigenvalue weighted by atomic mass is 15.1. The van der Waals surface area contributed by atoms with Gasteiger partial charge in [0.25, 0.3) is 0 Å². The fourth-order valence-corrected chi connectivity index (χ4v) is 3.68. The molecule has 2 aromatic carbocycles. The lowest BCUT2D eigenvalue weighted by molar-refractivity contribution is 0.327. The summed E-state index contributed by atoms with van der Waals surface area (Å²) in [5.74, 6) is 0.710. The zero-order valence-corrected chi connectivity index (χ0v) is 12.4. The maximum absolute atomic E-state index is 3.42. The Balaban J connectivity index is 1.42. The average Bonchev–Trinajstić information content (AvgIpc) is 3.17. The van der Waals surface area contributed by atoms with Crippen LogP contribution in [0.4, 0.5) is 0 Å². The fourth-order valence-electron chi connectivity index (χ4n) is 3.68. The molecule has 0 bridgehead atoms. The summed E-state index contributed by atoms with van der Waals surface area (Å²) in [4.78, 5) is 2.60. The second-order valence-electron chi connectivity index (χ2n) is 6.34. The van der Waals surface area contributed by atoms with E-state index in [2.05, 4.69) is 58.7 Å². The standard InChI is InChI=1S/C19H22N2/c1-2-4-16(5-3-1)18-8-9-21(14-18)13-15-6-7-17-11-20-12-19(17)10-15/h1-7,10,18,20H,8-9,11-14H2. The molecule has 0 aromatic heterocycles. The third-order valence-electron chi connectivity index (χ3n) is 4.85. The minimum absolute atomic E-state index is 0.710. The van der Waals surface area contributed by atoms with Crippen molar-refractivity contribution >= 4 is 0 Å². The quantitative estimate of drug-likeness (QED) is 0.927. The van der Waals surface area contributed by atoms with Crippen LogP contribution in [0.5, 0.6) is 0 Å². The molecule has 108 valence electrons. The predicted octanol–water partition coefficient (Wildman–Crippen LogP) is 3.28. The van der Waals surface area contributed by atoms with E-state index < -0.39 is 0 Å². The van der Waals surface area contributed by atoms with Gasteiger partial charge in [-0.25, -0.2) is 0 Å². The van der Waals surface area contributed by atoms with Gasteiger partial charge >= 0.3 is 0 Å². The maximum Gasteiger partial charge on any atom is 0.0234 e. The Hall–Kier alpha value is -1.64. The molecular weight excluding hydrogens is 256 g/mol. The first-order valence-corrected chi connectivity index (χ1v) is 7.97. The summed E-state index contributed by atoms with van der Waals surface area (Å²) >= 11 is 0. The van der Waals surface area contributed by atoms with E-state index in [1.165, 1.54) is 41.8 Å². The van der Waals surface area contributed by atoms with E-state index in [0.717, 1.165) is 19.6 Å². The van der Waals surface area contributed by atoms with Crippen molar-refractivity contribution in [2.24, 2.45) is 0 Å². The molecule has 1 atom stereocenters. The molecule has 0 radical (unpaired) electrons. The van der Waals surface area contributed by atoms with Crippen LogP contribution >= 0.6 is 0 Å². The van der Waals surface area contributed by atoms with Crippen molar-refractivity contribution < 1.29 is 0 Å². The summed E-state index contributed by atoms with van der Waals surface area (Å²) in [5.41, 5.74) is 5.93. The van der Waals surface area contributed by atoms with Crippen molar-refractivity contribution in [2.75, 3.05) is 13.1 Å². The van der Waals surface area contributed by atoms with E-state index in [1.807, 2.05) is 0 Å². The molecule has 2 heteroatoms. The Morgan fingerprint density at radius 3 is 2.76 bits per heavy atom. The molecule has 1 saturated heterocycles. The summed E-state index contributed by atoms with van der Waals surface area (Å²) in [5, 5.41) is 3.42. The molecule has 1 N–H and O–H groups in total. The van der Waals surface area contributed by atoms with Gasteiger partial charge in [-0.3, -0.25) is 4.90 Å². The van der Waals surface area contributed by atoms with Gasteiger partial charge in [-0.2, -0.15) is 0 Å². The molecule has 21 heavy (non-hydrogen) atoms. The van der Waals surface area contributed by atoms with Crippen LogP contribution in [0.2, 0.25) is 0 Å². The molecule has 0 saturated carbocycles. The number of hydrogen-bond acceptors (Lipinski definition) is 2. The summed E-state index contributed by atoms with van der Waals surface area (Å²) in [6.45, 7) is 5.58. The Bertz CT molecular complexity index is 621. The number of benzene rings is 2. The minimum Gasteiger partial charge on any atom is -0.309 e. The van der Waals surface area contributed by atoms with Gasteiger partial charge in [0.1, 0.15) is 0 Å². The first-order valence-electron chi connectivity index (χ1n) is 7.97. The van der Waals surface area contributed by atoms with Crippen molar-refractivity contribution in [3.05, 3.63) is 70.8 Å². The van der Waals surface area contributed by atoms with Gasteiger partial charge in [-0.05, 0) is 41.1 Å². The van der Waals surface area contributed by atoms with Gasteiger partial charge in [0, 0.05) is 26.2 Å². The van der Waals surface area contributed by atoms with Crippen molar-refractivity contribution in [3.63, 3.8) is 0 Å². The fraction of sp³-hybridized carbons (Fsp3) is 0.368. The number of nitrogens with zero attached hydrogens (tertiary/aromatic N) is 1. The van der Waals surface area contributed by atoms with Crippen molar-refractivity contribution in [3.8, 4) is 0 Å². The molecule has 2 aliphatic rings. The van der Waals surface area contributed by atoms with Crippen LogP contribution in [-0.2, 0) is 19.6 Å². The minimum atomic E-state index is 0.710. The smallest absolute Gasteiger partial charge is 0.0234 e. The molecule has 1 fully saturated rings. The Kier molecular flexibility index (Phi) is 3.50. The van der Waals surface area contributed by atoms with Crippen LogP contribution in [0.25, 0.3) is 0 Å². The van der Waals surface area contributed by atoms with E-state index >= 15 is 0 Å². The first kappa shape index (κ1) is 13.1. The molecule has 0 spiro atoms. The number of nitrogens with one attached hydrogen (secondary N) is 1. The summed E-state index contributed by atoms with van der Waals surface area (Å²) in [6, 6.07) is 18.0. The van der Waals surface area contributed by atoms with Crippen LogP contribution in [0.1, 0.15) is 34.6 Å². The van der Waals surface area contributed by atoms with Crippen molar-refractivity contribution in [1.82, 2.24) is 10.2 Å². The van der Waals surface area contributed by atoms with Crippen LogP contribution in [0, 0.1) is 0 Å². The number of hydrogen-bond donors (Lipinski definition) is 1. The third-order valence-corrected chi connectivity index (χ3v) is 4.85. The molecule has 2 nitrogen and oxygen atoms in total. The monoisotopic (exact) mass is 278 g/mol. The van der Waals surface area contributed by atoms with E-state index in [9.17, 15) is 0 Å². The lowest BCUT2D eigenvalue weighted by atomic mass is 9.99. The van der Waals surface area contributed by atoms with Gasteiger partial charge in [-0.15, -0.1) is 0 Å². The topological polar surface area (TPSA) is 15.3 Å². The van der Waals surface area contributed by atoms with E-state index in [0.29, 0.717) is 5.92 Å². The van der Waals surface area contributed by atoms with Gasteiger partial charge in [-0.1, -0.05) is 48.5 Å². The van der Waals surface area contributed by atoms with Gasteiger partial charge < -0.3 is 5.32 Å². The summed E-state index contributed by atoms with van der Waals surface area (Å²) in [6.07, 6.45) is 1.29. The van der Waals surface area contributed by atoms with Crippen molar-refractivity contribution in [2.45, 2.75) is 32.0 Å². The second kappa shape index (κ2) is 5.63. The summed E-state index contributed by atoms with van der Waals surface area (Å²) < 4.78 is 0. The number of fused-ring (bicyclic) bond motifs is 1. The molecular formula is C19H22N2. The first-order chi connectivity index (χ1) is 10.4. The van der Waals surface area contributed by atoms with Crippen LogP contribution < -0.4 is 5.32 Å². The average molecular weight is 278 g/mol. The maximum atomic E-state index is 3.42. The third kappa shape index (κ3) is 2.74. The van der Waals surface area contributed by atoms with Gasteiger partial charge in [0.15, 0.2) is 0 Å². The van der Waals surface area contributed by atoms with Gasteiger partial charge in [0.2, 0.25) is 0 Å². The van der Waals surface area contributed by atoms with Crippen LogP contribution in [0.3, 0.4) is 0 Å². The zero-order chi connectivity index (χ0) is 14.1. The second-order valence-corrected chi connectivity index (χ2v) is 6.34. The molecule has 0 amide bonds. The Morgan fingerprint density at radius 2 is 1.86 bits per heavy atom. The highest BCUT2D eigenvalue weighted by Gasteiger charge is 2.23. The van der Waals surface area contributed by atoms with E-state index in [4.69, 9.17) is 0 Å². The highest BCUT2D eigenvalue weighted by Crippen LogP contribution is 2.28. The normalized spacial score (nSPS) is 21.6. The SMILES string of the molecule is c1ccc(C2CCN(Cc3ccc4c(c3)CNC4)C2)cc1. The molecule has 2 aromatic rings. The largest absolute Gasteiger partial charge is 0.309 e. The van der Waals surface area contributed by atoms with Crippen LogP contribution in [-0.4, -0.2) is 18.0 Å². The van der Waals surface area contributed by atoms with Crippen LogP contribution in [0.15, 0.2) is 48.5 Å². The Labute approximate surface area is 126 Å². The lowest BCUT2D eigenvalue weighted by Gasteiger charge is -2.17. The number of likely N-dealkylation sites (tertiary alicyclic amines) is 1. The molecule has 2 aliphatic heterocycles. The Morgan fingerprint density at radius 1 is 1.00 bits per heavy atom. The molecule has 4 rings (SSSR count). The highest BCUT2D eigenvalue weighted by molar-refractivity contribution is 5.34. The lowest BCUT2D eigenvalue weighted by Crippen LogP contribution is -2.19. The molecule has 1 unspecified atom stereocenters. The number of rotatable bonds is 3. The molecule has 2 heterocycles. The predicted molar refractivity (Wildman–Crippen MR) is 86.1 cm³/mol. The van der Waals surface area contributed by atoms with E-state index in [-0.39, 0.29) is 0 Å².